The molecule has 3 aromatic rings. The largest absolute Gasteiger partial charge is 0.467 e. The van der Waals surface area contributed by atoms with Gasteiger partial charge in [0.05, 0.1) is 29.3 Å². The molecule has 2 amide bonds. The highest BCUT2D eigenvalue weighted by Gasteiger charge is 2.25. The van der Waals surface area contributed by atoms with Gasteiger partial charge in [-0.25, -0.2) is 4.79 Å². The summed E-state index contributed by atoms with van der Waals surface area (Å²) in [5.41, 5.74) is 3.34. The van der Waals surface area contributed by atoms with Crippen LogP contribution < -0.4 is 10.6 Å². The lowest BCUT2D eigenvalue weighted by molar-refractivity contribution is -0.143. The van der Waals surface area contributed by atoms with Crippen molar-refractivity contribution in [3.63, 3.8) is 0 Å². The summed E-state index contributed by atoms with van der Waals surface area (Å²) in [7, 11) is 1.18. The average Bonchev–Trinajstić information content (AvgIpc) is 2.89. The summed E-state index contributed by atoms with van der Waals surface area (Å²) in [4.78, 5) is 54.3. The number of aromatic nitrogens is 1. The van der Waals surface area contributed by atoms with Gasteiger partial charge in [0.15, 0.2) is 5.78 Å². The van der Waals surface area contributed by atoms with E-state index in [0.717, 1.165) is 16.8 Å². The molecular formula is C28H27Cl2N3O5. The molecule has 198 valence electrons. The molecule has 0 radical (unpaired) electrons. The van der Waals surface area contributed by atoms with Crippen LogP contribution in [-0.2, 0) is 20.7 Å². The molecule has 0 aliphatic rings. The predicted octanol–water partition coefficient (Wildman–Crippen LogP) is 4.34. The standard InChI is InChI=1S/C28H27Cl2N3O5/c1-17-11-12-31-20(13-17)15-18-5-3-6-19(14-18)26(35)32-16-21(34)9-10-24(28(37)38-2)33-27(36)25-22(29)7-4-8-23(25)30/h3-8,11-14,24H,9-10,15-16H2,1-2H3,(H,32,35)(H,33,36)/t24-/m0/s1. The molecular weight excluding hydrogens is 529 g/mol. The number of benzene rings is 2. The Morgan fingerprint density at radius 3 is 2.37 bits per heavy atom. The van der Waals surface area contributed by atoms with Crippen molar-refractivity contribution in [2.75, 3.05) is 13.7 Å². The smallest absolute Gasteiger partial charge is 0.328 e. The molecule has 1 aromatic heterocycles. The topological polar surface area (TPSA) is 114 Å². The van der Waals surface area contributed by atoms with Crippen molar-refractivity contribution in [3.05, 3.63) is 98.8 Å². The first-order chi connectivity index (χ1) is 18.2. The number of methoxy groups -OCH3 is 1. The minimum Gasteiger partial charge on any atom is -0.467 e. The fraction of sp³-hybridized carbons (Fsp3) is 0.250. The monoisotopic (exact) mass is 555 g/mol. The Hall–Kier alpha value is -3.75. The molecule has 2 N–H and O–H groups in total. The molecule has 0 unspecified atom stereocenters. The van der Waals surface area contributed by atoms with Crippen molar-refractivity contribution in [1.29, 1.82) is 0 Å². The lowest BCUT2D eigenvalue weighted by Crippen LogP contribution is -2.42. The molecule has 8 nitrogen and oxygen atoms in total. The van der Waals surface area contributed by atoms with E-state index < -0.39 is 23.8 Å². The van der Waals surface area contributed by atoms with Crippen LogP contribution in [0.3, 0.4) is 0 Å². The van der Waals surface area contributed by atoms with Crippen LogP contribution in [0.25, 0.3) is 0 Å². The maximum atomic E-state index is 12.7. The average molecular weight is 556 g/mol. The molecule has 2 aromatic carbocycles. The number of rotatable bonds is 11. The zero-order chi connectivity index (χ0) is 27.7. The normalized spacial score (nSPS) is 11.4. The van der Waals surface area contributed by atoms with E-state index in [1.54, 1.807) is 30.5 Å². The molecule has 0 bridgehead atoms. The summed E-state index contributed by atoms with van der Waals surface area (Å²) in [6, 6.07) is 14.5. The van der Waals surface area contributed by atoms with Gasteiger partial charge in [0.25, 0.3) is 11.8 Å². The molecule has 0 aliphatic heterocycles. The Morgan fingerprint density at radius 2 is 1.68 bits per heavy atom. The zero-order valence-corrected chi connectivity index (χ0v) is 22.4. The van der Waals surface area contributed by atoms with Crippen LogP contribution in [0, 0.1) is 6.92 Å². The van der Waals surface area contributed by atoms with Crippen LogP contribution in [0.2, 0.25) is 10.0 Å². The molecule has 0 fully saturated rings. The summed E-state index contributed by atoms with van der Waals surface area (Å²) >= 11 is 12.1. The number of nitrogens with zero attached hydrogens (tertiary/aromatic N) is 1. The number of halogens is 2. The van der Waals surface area contributed by atoms with E-state index in [0.29, 0.717) is 12.0 Å². The summed E-state index contributed by atoms with van der Waals surface area (Å²) in [5, 5.41) is 5.36. The predicted molar refractivity (Wildman–Crippen MR) is 145 cm³/mol. The zero-order valence-electron chi connectivity index (χ0n) is 20.9. The van der Waals surface area contributed by atoms with Gasteiger partial charge in [-0.2, -0.15) is 0 Å². The van der Waals surface area contributed by atoms with Gasteiger partial charge in [0.1, 0.15) is 6.04 Å². The van der Waals surface area contributed by atoms with E-state index in [1.165, 1.54) is 19.2 Å². The van der Waals surface area contributed by atoms with E-state index in [9.17, 15) is 19.2 Å². The van der Waals surface area contributed by atoms with E-state index in [4.69, 9.17) is 27.9 Å². The van der Waals surface area contributed by atoms with Crippen molar-refractivity contribution < 1.29 is 23.9 Å². The lowest BCUT2D eigenvalue weighted by atomic mass is 10.0. The maximum absolute atomic E-state index is 12.7. The molecule has 0 aliphatic carbocycles. The van der Waals surface area contributed by atoms with Gasteiger partial charge >= 0.3 is 5.97 Å². The van der Waals surface area contributed by atoms with Crippen molar-refractivity contribution in [3.8, 4) is 0 Å². The fourth-order valence-corrected chi connectivity index (χ4v) is 4.31. The van der Waals surface area contributed by atoms with Crippen LogP contribution in [-0.4, -0.2) is 48.2 Å². The highest BCUT2D eigenvalue weighted by molar-refractivity contribution is 6.39. The minimum atomic E-state index is -1.11. The van der Waals surface area contributed by atoms with Crippen LogP contribution in [0.4, 0.5) is 0 Å². The van der Waals surface area contributed by atoms with E-state index >= 15 is 0 Å². The Labute approximate surface area is 230 Å². The Kier molecular flexibility index (Phi) is 10.4. The highest BCUT2D eigenvalue weighted by Crippen LogP contribution is 2.24. The number of carbonyl (C=O) groups excluding carboxylic acids is 4. The van der Waals surface area contributed by atoms with E-state index in [1.807, 2.05) is 25.1 Å². The fourth-order valence-electron chi connectivity index (χ4n) is 3.74. The molecule has 1 heterocycles. The second kappa shape index (κ2) is 13.7. The van der Waals surface area contributed by atoms with Gasteiger partial charge < -0.3 is 15.4 Å². The van der Waals surface area contributed by atoms with Crippen molar-refractivity contribution in [2.24, 2.45) is 0 Å². The van der Waals surface area contributed by atoms with E-state index in [-0.39, 0.29) is 40.8 Å². The maximum Gasteiger partial charge on any atom is 0.328 e. The molecule has 0 saturated heterocycles. The van der Waals surface area contributed by atoms with Crippen molar-refractivity contribution in [2.45, 2.75) is 32.2 Å². The van der Waals surface area contributed by atoms with Crippen LogP contribution in [0.1, 0.15) is 50.4 Å². The van der Waals surface area contributed by atoms with Gasteiger partial charge in [-0.3, -0.25) is 19.4 Å². The first-order valence-electron chi connectivity index (χ1n) is 11.8. The third-order valence-corrected chi connectivity index (χ3v) is 6.32. The molecule has 3 rings (SSSR count). The quantitative estimate of drug-likeness (QED) is 0.340. The van der Waals surface area contributed by atoms with Crippen LogP contribution in [0.5, 0.6) is 0 Å². The van der Waals surface area contributed by atoms with Crippen LogP contribution in [0.15, 0.2) is 60.8 Å². The second-order valence-corrected chi connectivity index (χ2v) is 9.42. The number of esters is 1. The van der Waals surface area contributed by atoms with Gasteiger partial charge in [0.2, 0.25) is 0 Å². The Morgan fingerprint density at radius 1 is 0.974 bits per heavy atom. The number of ether oxygens (including phenoxy) is 1. The molecule has 0 spiro atoms. The van der Waals surface area contributed by atoms with Crippen molar-refractivity contribution >= 4 is 46.8 Å². The van der Waals surface area contributed by atoms with Gasteiger partial charge in [-0.15, -0.1) is 0 Å². The van der Waals surface area contributed by atoms with Crippen LogP contribution >= 0.6 is 23.2 Å². The summed E-state index contributed by atoms with van der Waals surface area (Å²) in [5.74, 6) is -2.11. The molecule has 0 saturated carbocycles. The molecule has 10 heteroatoms. The number of ketones is 1. The van der Waals surface area contributed by atoms with E-state index in [2.05, 4.69) is 15.6 Å². The number of amides is 2. The number of nitrogens with one attached hydrogen (secondary N) is 2. The molecule has 1 atom stereocenters. The number of carbonyl (C=O) groups is 4. The Balaban J connectivity index is 1.54. The number of Topliss-reactive ketones (excluding diaryl/α,β-unsaturated/α-hetero) is 1. The number of pyridine rings is 1. The minimum absolute atomic E-state index is 0.0173. The molecule has 38 heavy (non-hydrogen) atoms. The third kappa shape index (κ3) is 8.13. The lowest BCUT2D eigenvalue weighted by Gasteiger charge is -2.17. The number of hydrogen-bond donors (Lipinski definition) is 2. The van der Waals surface area contributed by atoms with Gasteiger partial charge in [-0.1, -0.05) is 41.4 Å². The summed E-state index contributed by atoms with van der Waals surface area (Å²) in [6.45, 7) is 1.75. The summed E-state index contributed by atoms with van der Waals surface area (Å²) in [6.07, 6.45) is 2.20. The number of aryl methyl sites for hydroxylation is 1. The third-order valence-electron chi connectivity index (χ3n) is 5.69. The number of hydrogen-bond acceptors (Lipinski definition) is 6. The summed E-state index contributed by atoms with van der Waals surface area (Å²) < 4.78 is 4.75. The first kappa shape index (κ1) is 28.8. The SMILES string of the molecule is COC(=O)[C@H](CCC(=O)CNC(=O)c1cccc(Cc2cc(C)ccn2)c1)NC(=O)c1c(Cl)cccc1Cl. The van der Waals surface area contributed by atoms with Crippen molar-refractivity contribution in [1.82, 2.24) is 15.6 Å². The second-order valence-electron chi connectivity index (χ2n) is 8.61. The first-order valence-corrected chi connectivity index (χ1v) is 12.6. The van der Waals surface area contributed by atoms with Gasteiger partial charge in [0, 0.05) is 30.3 Å². The highest BCUT2D eigenvalue weighted by atomic mass is 35.5. The Bertz CT molecular complexity index is 1330. The van der Waals surface area contributed by atoms with Gasteiger partial charge in [-0.05, 0) is 60.9 Å².